The number of carbonyl (C=O) groups is 1. The average Bonchev–Trinajstić information content (AvgIpc) is 2.93. The van der Waals surface area contributed by atoms with E-state index in [1.54, 1.807) is 28.2 Å². The van der Waals surface area contributed by atoms with Gasteiger partial charge < -0.3 is 5.32 Å². The number of carbonyl (C=O) groups excluding carboxylic acids is 1. The molecule has 3 aromatic rings. The van der Waals surface area contributed by atoms with Gasteiger partial charge in [0.25, 0.3) is 0 Å². The fourth-order valence-electron chi connectivity index (χ4n) is 3.25. The number of para-hydroxylation sites is 2. The van der Waals surface area contributed by atoms with Crippen molar-refractivity contribution in [2.75, 3.05) is 0 Å². The zero-order chi connectivity index (χ0) is 19.4. The van der Waals surface area contributed by atoms with Gasteiger partial charge in [-0.3, -0.25) is 13.9 Å². The molecule has 3 rings (SSSR count). The molecule has 0 atom stereocenters. The Kier molecular flexibility index (Phi) is 5.74. The summed E-state index contributed by atoms with van der Waals surface area (Å²) in [6, 6.07) is 12.4. The van der Waals surface area contributed by atoms with E-state index in [0.29, 0.717) is 25.2 Å². The lowest BCUT2D eigenvalue weighted by molar-refractivity contribution is -0.121. The number of hydrogen-bond donors (Lipinski definition) is 1. The number of fused-ring (bicyclic) bond motifs is 1. The van der Waals surface area contributed by atoms with Gasteiger partial charge in [-0.15, -0.1) is 0 Å². The standard InChI is InChI=1S/C21H24FN3O2/c1-3-11-24-18-6-4-5-7-19(18)25(21(24)27)12-10-20(26)23-14-16-8-9-17(22)15(2)13-16/h4-9,13H,3,10-12,14H2,1-2H3,(H,23,26). The number of aromatic nitrogens is 2. The van der Waals surface area contributed by atoms with Crippen LogP contribution in [-0.2, 0) is 24.4 Å². The minimum absolute atomic E-state index is 0.0833. The summed E-state index contributed by atoms with van der Waals surface area (Å²) in [5, 5.41) is 2.83. The molecular weight excluding hydrogens is 345 g/mol. The van der Waals surface area contributed by atoms with Crippen molar-refractivity contribution in [3.05, 3.63) is 69.9 Å². The van der Waals surface area contributed by atoms with Gasteiger partial charge in [-0.2, -0.15) is 0 Å². The molecule has 0 saturated carbocycles. The number of imidazole rings is 1. The highest BCUT2D eigenvalue weighted by Gasteiger charge is 2.13. The highest BCUT2D eigenvalue weighted by Crippen LogP contribution is 2.14. The predicted octanol–water partition coefficient (Wildman–Crippen LogP) is 3.37. The zero-order valence-electron chi connectivity index (χ0n) is 15.7. The van der Waals surface area contributed by atoms with Gasteiger partial charge in [0.1, 0.15) is 5.82 Å². The van der Waals surface area contributed by atoms with Crippen LogP contribution in [0.1, 0.15) is 30.9 Å². The summed E-state index contributed by atoms with van der Waals surface area (Å²) in [6.07, 6.45) is 1.08. The minimum Gasteiger partial charge on any atom is -0.352 e. The van der Waals surface area contributed by atoms with E-state index >= 15 is 0 Å². The smallest absolute Gasteiger partial charge is 0.329 e. The van der Waals surface area contributed by atoms with Gasteiger partial charge in [0.15, 0.2) is 0 Å². The maximum absolute atomic E-state index is 13.3. The Bertz CT molecular complexity index is 1020. The number of benzene rings is 2. The summed E-state index contributed by atoms with van der Waals surface area (Å²) >= 11 is 0. The molecule has 0 spiro atoms. The molecule has 27 heavy (non-hydrogen) atoms. The predicted molar refractivity (Wildman–Crippen MR) is 104 cm³/mol. The molecule has 0 aliphatic heterocycles. The number of hydrogen-bond acceptors (Lipinski definition) is 2. The average molecular weight is 369 g/mol. The van der Waals surface area contributed by atoms with E-state index in [0.717, 1.165) is 23.0 Å². The number of nitrogens with one attached hydrogen (secondary N) is 1. The molecule has 0 unspecified atom stereocenters. The molecule has 1 heterocycles. The van der Waals surface area contributed by atoms with E-state index in [9.17, 15) is 14.0 Å². The molecule has 0 aliphatic rings. The maximum Gasteiger partial charge on any atom is 0.329 e. The summed E-state index contributed by atoms with van der Waals surface area (Å²) in [6.45, 7) is 5.04. The van der Waals surface area contributed by atoms with Crippen LogP contribution in [0.4, 0.5) is 4.39 Å². The summed E-state index contributed by atoms with van der Waals surface area (Å²) < 4.78 is 16.7. The Morgan fingerprint density at radius 2 is 1.74 bits per heavy atom. The largest absolute Gasteiger partial charge is 0.352 e. The second-order valence-corrected chi connectivity index (χ2v) is 6.68. The van der Waals surface area contributed by atoms with Crippen LogP contribution >= 0.6 is 0 Å². The van der Waals surface area contributed by atoms with Crippen molar-refractivity contribution >= 4 is 16.9 Å². The van der Waals surface area contributed by atoms with Gasteiger partial charge in [-0.1, -0.05) is 31.2 Å². The molecule has 5 nitrogen and oxygen atoms in total. The second-order valence-electron chi connectivity index (χ2n) is 6.68. The lowest BCUT2D eigenvalue weighted by atomic mass is 10.1. The fraction of sp³-hybridized carbons (Fsp3) is 0.333. The first kappa shape index (κ1) is 18.9. The van der Waals surface area contributed by atoms with Crippen molar-refractivity contribution in [2.45, 2.75) is 46.3 Å². The molecular formula is C21H24FN3O2. The Labute approximate surface area is 157 Å². The second kappa shape index (κ2) is 8.20. The Morgan fingerprint density at radius 1 is 1.07 bits per heavy atom. The van der Waals surface area contributed by atoms with Crippen molar-refractivity contribution < 1.29 is 9.18 Å². The maximum atomic E-state index is 13.3. The van der Waals surface area contributed by atoms with E-state index in [1.807, 2.05) is 31.2 Å². The fourth-order valence-corrected chi connectivity index (χ4v) is 3.25. The summed E-state index contributed by atoms with van der Waals surface area (Å²) in [5.74, 6) is -0.399. The lowest BCUT2D eigenvalue weighted by Crippen LogP contribution is -2.28. The van der Waals surface area contributed by atoms with Crippen molar-refractivity contribution in [2.24, 2.45) is 0 Å². The van der Waals surface area contributed by atoms with E-state index in [1.165, 1.54) is 6.07 Å². The molecule has 1 amide bonds. The van der Waals surface area contributed by atoms with Gasteiger partial charge in [0.2, 0.25) is 5.91 Å². The van der Waals surface area contributed by atoms with Crippen LogP contribution in [0.3, 0.4) is 0 Å². The quantitative estimate of drug-likeness (QED) is 0.694. The number of amides is 1. The van der Waals surface area contributed by atoms with Crippen molar-refractivity contribution in [1.82, 2.24) is 14.5 Å². The number of nitrogens with zero attached hydrogens (tertiary/aromatic N) is 2. The molecule has 0 saturated heterocycles. The van der Waals surface area contributed by atoms with Crippen LogP contribution in [0, 0.1) is 12.7 Å². The van der Waals surface area contributed by atoms with E-state index < -0.39 is 0 Å². The monoisotopic (exact) mass is 369 g/mol. The molecule has 0 aliphatic carbocycles. The Balaban J connectivity index is 1.67. The molecule has 6 heteroatoms. The van der Waals surface area contributed by atoms with Gasteiger partial charge in [0, 0.05) is 26.1 Å². The third kappa shape index (κ3) is 4.10. The van der Waals surface area contributed by atoms with Gasteiger partial charge in [-0.05, 0) is 42.7 Å². The normalized spacial score (nSPS) is 11.1. The molecule has 0 radical (unpaired) electrons. The van der Waals surface area contributed by atoms with Gasteiger partial charge >= 0.3 is 5.69 Å². The molecule has 2 aromatic carbocycles. The number of halogens is 1. The SMILES string of the molecule is CCCn1c(=O)n(CCC(=O)NCc2ccc(F)c(C)c2)c2ccccc21. The number of rotatable bonds is 7. The van der Waals surface area contributed by atoms with Crippen molar-refractivity contribution in [1.29, 1.82) is 0 Å². The summed E-state index contributed by atoms with van der Waals surface area (Å²) in [7, 11) is 0. The molecule has 1 aromatic heterocycles. The van der Waals surface area contributed by atoms with Crippen LogP contribution < -0.4 is 11.0 Å². The van der Waals surface area contributed by atoms with E-state index in [2.05, 4.69) is 5.32 Å². The first-order valence-electron chi connectivity index (χ1n) is 9.21. The number of aryl methyl sites for hydroxylation is 3. The minimum atomic E-state index is -0.257. The summed E-state index contributed by atoms with van der Waals surface area (Å²) in [4.78, 5) is 24.9. The molecule has 1 N–H and O–H groups in total. The van der Waals surface area contributed by atoms with Crippen LogP contribution in [0.15, 0.2) is 47.3 Å². The third-order valence-electron chi connectivity index (χ3n) is 4.65. The highest BCUT2D eigenvalue weighted by atomic mass is 19.1. The lowest BCUT2D eigenvalue weighted by Gasteiger charge is -2.07. The summed E-state index contributed by atoms with van der Waals surface area (Å²) in [5.41, 5.74) is 3.06. The van der Waals surface area contributed by atoms with Crippen LogP contribution in [0.25, 0.3) is 11.0 Å². The van der Waals surface area contributed by atoms with Crippen LogP contribution in [-0.4, -0.2) is 15.0 Å². The van der Waals surface area contributed by atoms with E-state index in [-0.39, 0.29) is 23.8 Å². The zero-order valence-corrected chi connectivity index (χ0v) is 15.7. The van der Waals surface area contributed by atoms with Crippen molar-refractivity contribution in [3.8, 4) is 0 Å². The third-order valence-corrected chi connectivity index (χ3v) is 4.65. The van der Waals surface area contributed by atoms with Gasteiger partial charge in [0.05, 0.1) is 11.0 Å². The first-order valence-corrected chi connectivity index (χ1v) is 9.21. The molecule has 0 bridgehead atoms. The molecule has 142 valence electrons. The Morgan fingerprint density at radius 3 is 2.37 bits per heavy atom. The molecule has 0 fully saturated rings. The Hall–Kier alpha value is -2.89. The highest BCUT2D eigenvalue weighted by molar-refractivity contribution is 5.78. The van der Waals surface area contributed by atoms with Crippen LogP contribution in [0.2, 0.25) is 0 Å². The van der Waals surface area contributed by atoms with E-state index in [4.69, 9.17) is 0 Å². The van der Waals surface area contributed by atoms with Crippen LogP contribution in [0.5, 0.6) is 0 Å². The van der Waals surface area contributed by atoms with Gasteiger partial charge in [-0.25, -0.2) is 9.18 Å². The van der Waals surface area contributed by atoms with Crippen molar-refractivity contribution in [3.63, 3.8) is 0 Å². The first-order chi connectivity index (χ1) is 13.0. The topological polar surface area (TPSA) is 56.0 Å².